The monoisotopic (exact) mass is 562 g/mol. The zero-order valence-corrected chi connectivity index (χ0v) is 22.7. The quantitative estimate of drug-likeness (QED) is 0.311. The number of hydrogen-bond donors (Lipinski definition) is 1. The molecule has 1 atom stereocenters. The van der Waals surface area contributed by atoms with Crippen molar-refractivity contribution in [3.05, 3.63) is 84.7 Å². The molecule has 2 heterocycles. The number of para-hydroxylation sites is 1. The highest BCUT2D eigenvalue weighted by molar-refractivity contribution is 7.90. The Morgan fingerprint density at radius 2 is 1.73 bits per heavy atom. The first-order chi connectivity index (χ1) is 19.1. The molecule has 206 valence electrons. The van der Waals surface area contributed by atoms with E-state index in [9.17, 15) is 22.7 Å². The minimum atomic E-state index is -3.70. The molecule has 1 amide bonds. The molecular formula is C29H27FN4O5S. The third-order valence-electron chi connectivity index (χ3n) is 6.58. The van der Waals surface area contributed by atoms with Crippen LogP contribution in [0.15, 0.2) is 83.8 Å². The largest absolute Gasteiger partial charge is 0.464 e. The zero-order valence-electron chi connectivity index (χ0n) is 21.9. The summed E-state index contributed by atoms with van der Waals surface area (Å²) >= 11 is 0. The van der Waals surface area contributed by atoms with E-state index in [0.717, 1.165) is 23.3 Å². The van der Waals surface area contributed by atoms with Crippen LogP contribution in [0.4, 0.5) is 26.4 Å². The fourth-order valence-electron chi connectivity index (χ4n) is 4.65. The Morgan fingerprint density at radius 1 is 1.02 bits per heavy atom. The number of hydrogen-bond acceptors (Lipinski definition) is 7. The third-order valence-corrected chi connectivity index (χ3v) is 7.74. The van der Waals surface area contributed by atoms with Crippen LogP contribution >= 0.6 is 0 Å². The van der Waals surface area contributed by atoms with Crippen molar-refractivity contribution in [3.63, 3.8) is 0 Å². The number of rotatable bonds is 6. The Hall–Kier alpha value is -4.35. The lowest BCUT2D eigenvalue weighted by molar-refractivity contribution is 0.0985. The number of carbonyl (C=O) groups is 1. The lowest BCUT2D eigenvalue weighted by Crippen LogP contribution is -2.44. The average molecular weight is 563 g/mol. The smallest absolute Gasteiger partial charge is 0.416 e. The average Bonchev–Trinajstić information content (AvgIpc) is 2.93. The van der Waals surface area contributed by atoms with E-state index < -0.39 is 21.7 Å². The molecule has 3 aromatic carbocycles. The van der Waals surface area contributed by atoms with Crippen LogP contribution in [-0.4, -0.2) is 61.6 Å². The molecule has 1 aromatic heterocycles. The van der Waals surface area contributed by atoms with Crippen molar-refractivity contribution >= 4 is 33.1 Å². The first kappa shape index (κ1) is 27.2. The van der Waals surface area contributed by atoms with Crippen molar-refractivity contribution in [2.45, 2.75) is 17.9 Å². The third kappa shape index (κ3) is 5.65. The van der Waals surface area contributed by atoms with Crippen LogP contribution < -0.4 is 9.80 Å². The van der Waals surface area contributed by atoms with Crippen LogP contribution in [0.25, 0.3) is 22.6 Å². The number of halogens is 1. The van der Waals surface area contributed by atoms with Crippen molar-refractivity contribution in [2.24, 2.45) is 0 Å². The molecule has 1 N–H and O–H groups in total. The van der Waals surface area contributed by atoms with Gasteiger partial charge in [-0.2, -0.15) is 0 Å². The fraction of sp³-hybridized carbons (Fsp3) is 0.207. The van der Waals surface area contributed by atoms with E-state index in [0.29, 0.717) is 42.5 Å². The van der Waals surface area contributed by atoms with Gasteiger partial charge in [0.25, 0.3) is 0 Å². The molecular weight excluding hydrogens is 535 g/mol. The van der Waals surface area contributed by atoms with Gasteiger partial charge in [0.2, 0.25) is 0 Å². The van der Waals surface area contributed by atoms with E-state index in [1.54, 1.807) is 60.7 Å². The number of ether oxygens (including phenoxy) is 1. The van der Waals surface area contributed by atoms with Gasteiger partial charge in [-0.15, -0.1) is 0 Å². The van der Waals surface area contributed by atoms with Gasteiger partial charge in [-0.05, 0) is 61.5 Å². The summed E-state index contributed by atoms with van der Waals surface area (Å²) in [6, 6.07) is 20.5. The lowest BCUT2D eigenvalue weighted by Gasteiger charge is -2.34. The second-order valence-electron chi connectivity index (χ2n) is 9.47. The Balaban J connectivity index is 1.63. The molecule has 1 fully saturated rings. The first-order valence-electron chi connectivity index (χ1n) is 12.5. The van der Waals surface area contributed by atoms with Crippen LogP contribution in [-0.2, 0) is 14.6 Å². The van der Waals surface area contributed by atoms with Crippen molar-refractivity contribution in [2.75, 3.05) is 35.8 Å². The molecule has 0 aliphatic carbocycles. The first-order valence-corrected chi connectivity index (χ1v) is 14.4. The SMILES string of the molecule is C[C@H]1COCCN1c1cc(-c2cc(F)ccc2S(C)(=O)=O)nc(-c2ccc(N(C(=O)O)c3ccccc3)cc2)n1. The van der Waals surface area contributed by atoms with Crippen LogP contribution in [0.1, 0.15) is 6.92 Å². The Morgan fingerprint density at radius 3 is 2.38 bits per heavy atom. The minimum Gasteiger partial charge on any atom is -0.464 e. The van der Waals surface area contributed by atoms with Crippen LogP contribution in [0.3, 0.4) is 0 Å². The molecule has 11 heteroatoms. The van der Waals surface area contributed by atoms with E-state index in [1.165, 1.54) is 6.07 Å². The molecule has 0 radical (unpaired) electrons. The molecule has 9 nitrogen and oxygen atoms in total. The van der Waals surface area contributed by atoms with Crippen molar-refractivity contribution in [3.8, 4) is 22.6 Å². The summed E-state index contributed by atoms with van der Waals surface area (Å²) in [6.45, 7) is 3.53. The second-order valence-corrected chi connectivity index (χ2v) is 11.4. The number of nitrogens with zero attached hydrogens (tertiary/aromatic N) is 4. The van der Waals surface area contributed by atoms with Gasteiger partial charge >= 0.3 is 6.09 Å². The predicted octanol–water partition coefficient (Wildman–Crippen LogP) is 5.39. The van der Waals surface area contributed by atoms with Gasteiger partial charge in [-0.25, -0.2) is 32.5 Å². The van der Waals surface area contributed by atoms with E-state index in [-0.39, 0.29) is 28.0 Å². The number of sulfone groups is 1. The number of aromatic nitrogens is 2. The summed E-state index contributed by atoms with van der Waals surface area (Å²) in [4.78, 5) is 24.6. The van der Waals surface area contributed by atoms with Crippen molar-refractivity contribution in [1.29, 1.82) is 0 Å². The normalized spacial score (nSPS) is 15.6. The molecule has 1 aliphatic rings. The molecule has 0 unspecified atom stereocenters. The maximum absolute atomic E-state index is 14.4. The number of carboxylic acid groups (broad SMARTS) is 1. The van der Waals surface area contributed by atoms with Gasteiger partial charge in [-0.1, -0.05) is 18.2 Å². The maximum atomic E-state index is 14.4. The van der Waals surface area contributed by atoms with E-state index in [4.69, 9.17) is 9.72 Å². The minimum absolute atomic E-state index is 0.0105. The highest BCUT2D eigenvalue weighted by atomic mass is 32.2. The highest BCUT2D eigenvalue weighted by Gasteiger charge is 2.24. The van der Waals surface area contributed by atoms with E-state index >= 15 is 0 Å². The van der Waals surface area contributed by atoms with E-state index in [2.05, 4.69) is 4.98 Å². The summed E-state index contributed by atoms with van der Waals surface area (Å²) in [5.74, 6) is 0.228. The highest BCUT2D eigenvalue weighted by Crippen LogP contribution is 2.33. The topological polar surface area (TPSA) is 113 Å². The Bertz CT molecular complexity index is 1650. The molecule has 0 bridgehead atoms. The van der Waals surface area contributed by atoms with E-state index in [1.807, 2.05) is 11.8 Å². The van der Waals surface area contributed by atoms with Crippen molar-refractivity contribution < 1.29 is 27.4 Å². The zero-order chi connectivity index (χ0) is 28.4. The number of anilines is 3. The molecule has 1 saturated heterocycles. The standard InChI is InChI=1S/C29H27FN4O5S/c1-19-18-39-15-14-33(19)27-17-25(24-16-21(30)10-13-26(24)40(2,37)38)31-28(32-27)20-8-11-23(12-9-20)34(29(35)36)22-6-4-3-5-7-22/h3-13,16-17,19H,14-15,18H2,1-2H3,(H,35,36)/t19-/m0/s1. The molecule has 5 rings (SSSR count). The molecule has 0 saturated carbocycles. The summed E-state index contributed by atoms with van der Waals surface area (Å²) in [5.41, 5.74) is 1.86. The molecule has 1 aliphatic heterocycles. The summed E-state index contributed by atoms with van der Waals surface area (Å²) < 4.78 is 45.1. The lowest BCUT2D eigenvalue weighted by atomic mass is 10.1. The maximum Gasteiger partial charge on any atom is 0.416 e. The van der Waals surface area contributed by atoms with Gasteiger partial charge in [-0.3, -0.25) is 0 Å². The van der Waals surface area contributed by atoms with Crippen LogP contribution in [0, 0.1) is 5.82 Å². The van der Waals surface area contributed by atoms with Gasteiger partial charge < -0.3 is 14.7 Å². The van der Waals surface area contributed by atoms with Crippen LogP contribution in [0.2, 0.25) is 0 Å². The van der Waals surface area contributed by atoms with Crippen LogP contribution in [0.5, 0.6) is 0 Å². The molecule has 40 heavy (non-hydrogen) atoms. The predicted molar refractivity (Wildman–Crippen MR) is 150 cm³/mol. The van der Waals surface area contributed by atoms with Gasteiger partial charge in [0.1, 0.15) is 11.6 Å². The molecule has 0 spiro atoms. The summed E-state index contributed by atoms with van der Waals surface area (Å²) in [5, 5.41) is 9.85. The van der Waals surface area contributed by atoms with Gasteiger partial charge in [0.15, 0.2) is 15.7 Å². The molecule has 4 aromatic rings. The number of morpholine rings is 1. The fourth-order valence-corrected chi connectivity index (χ4v) is 5.53. The Kier molecular flexibility index (Phi) is 7.51. The summed E-state index contributed by atoms with van der Waals surface area (Å²) in [7, 11) is -3.70. The number of amides is 1. The number of benzene rings is 3. The van der Waals surface area contributed by atoms with Crippen molar-refractivity contribution in [1.82, 2.24) is 9.97 Å². The van der Waals surface area contributed by atoms with Gasteiger partial charge in [0, 0.05) is 30.0 Å². The van der Waals surface area contributed by atoms with Gasteiger partial charge in [0.05, 0.1) is 41.2 Å². The Labute approximate surface area is 231 Å². The second kappa shape index (κ2) is 11.0. The summed E-state index contributed by atoms with van der Waals surface area (Å²) in [6.07, 6.45) is -0.0728.